The van der Waals surface area contributed by atoms with Crippen molar-refractivity contribution in [1.82, 2.24) is 0 Å². The van der Waals surface area contributed by atoms with Crippen molar-refractivity contribution in [3.05, 3.63) is 0 Å². The molecule has 1 amide bonds. The summed E-state index contributed by atoms with van der Waals surface area (Å²) in [5.74, 6) is 0. The van der Waals surface area contributed by atoms with Gasteiger partial charge in [0.2, 0.25) is 0 Å². The second kappa shape index (κ2) is 3.40. The van der Waals surface area contributed by atoms with E-state index in [9.17, 15) is 9.00 Å². The SMILES string of the molecule is CC(C)(C)OC(=O)N=S(C)(N)=O. The molecule has 0 bridgehead atoms. The van der Waals surface area contributed by atoms with Gasteiger partial charge in [-0.1, -0.05) is 0 Å². The zero-order valence-corrected chi connectivity index (χ0v) is 8.47. The lowest BCUT2D eigenvalue weighted by Gasteiger charge is -2.17. The standard InChI is InChI=1S/C6H14N2O3S/c1-6(2,3)11-5(9)8-12(4,7)10/h1-4H3,(H2,7,8,9,10). The molecule has 0 saturated carbocycles. The minimum absolute atomic E-state index is 0.634. The van der Waals surface area contributed by atoms with Crippen LogP contribution in [-0.2, 0) is 14.7 Å². The molecule has 5 nitrogen and oxygen atoms in total. The third kappa shape index (κ3) is 7.49. The van der Waals surface area contributed by atoms with Crippen molar-refractivity contribution in [2.45, 2.75) is 26.4 Å². The molecule has 1 unspecified atom stereocenters. The molecule has 0 spiro atoms. The topological polar surface area (TPSA) is 81.8 Å². The maximum absolute atomic E-state index is 10.8. The summed E-state index contributed by atoms with van der Waals surface area (Å²) in [5, 5.41) is 5.02. The number of nitrogens with two attached hydrogens (primary N) is 1. The average Bonchev–Trinajstić information content (AvgIpc) is 1.49. The first-order chi connectivity index (χ1) is 5.10. The van der Waals surface area contributed by atoms with Gasteiger partial charge in [-0.25, -0.2) is 14.1 Å². The Balaban J connectivity index is 4.39. The van der Waals surface area contributed by atoms with E-state index in [1.807, 2.05) is 0 Å². The van der Waals surface area contributed by atoms with Crippen LogP contribution in [0.3, 0.4) is 0 Å². The van der Waals surface area contributed by atoms with Crippen molar-refractivity contribution in [2.75, 3.05) is 6.26 Å². The molecule has 0 heterocycles. The quantitative estimate of drug-likeness (QED) is 0.621. The molecule has 0 rings (SSSR count). The Bertz CT molecular complexity index is 276. The normalized spacial score (nSPS) is 16.4. The Hall–Kier alpha value is -0.620. The molecule has 2 N–H and O–H groups in total. The van der Waals surface area contributed by atoms with Gasteiger partial charge < -0.3 is 4.74 Å². The van der Waals surface area contributed by atoms with Gasteiger partial charge in [-0.15, -0.1) is 4.36 Å². The van der Waals surface area contributed by atoms with Crippen LogP contribution in [0.1, 0.15) is 20.8 Å². The third-order valence-electron chi connectivity index (χ3n) is 0.649. The van der Waals surface area contributed by atoms with Crippen molar-refractivity contribution in [3.8, 4) is 0 Å². The molecule has 0 aliphatic heterocycles. The van der Waals surface area contributed by atoms with Crippen LogP contribution >= 0.6 is 0 Å². The minimum Gasteiger partial charge on any atom is -0.442 e. The van der Waals surface area contributed by atoms with Crippen LogP contribution in [0.4, 0.5) is 4.79 Å². The Morgan fingerprint density at radius 1 is 1.50 bits per heavy atom. The summed E-state index contributed by atoms with van der Waals surface area (Å²) in [6, 6.07) is 0. The van der Waals surface area contributed by atoms with E-state index in [0.29, 0.717) is 0 Å². The summed E-state index contributed by atoms with van der Waals surface area (Å²) in [5.41, 5.74) is -0.634. The number of amides is 1. The van der Waals surface area contributed by atoms with Crippen molar-refractivity contribution in [3.63, 3.8) is 0 Å². The van der Waals surface area contributed by atoms with Gasteiger partial charge in [0, 0.05) is 6.26 Å². The number of carbonyl (C=O) groups excluding carboxylic acids is 1. The van der Waals surface area contributed by atoms with Crippen LogP contribution in [0, 0.1) is 0 Å². The zero-order valence-electron chi connectivity index (χ0n) is 7.66. The van der Waals surface area contributed by atoms with Crippen LogP contribution in [0.15, 0.2) is 4.36 Å². The molecule has 0 aliphatic rings. The lowest BCUT2D eigenvalue weighted by atomic mass is 10.2. The predicted molar refractivity (Wildman–Crippen MR) is 46.9 cm³/mol. The molecule has 0 fully saturated rings. The second-order valence-corrected chi connectivity index (χ2v) is 5.34. The van der Waals surface area contributed by atoms with Crippen LogP contribution in [0.2, 0.25) is 0 Å². The maximum atomic E-state index is 10.8. The fourth-order valence-electron chi connectivity index (χ4n) is 0.429. The summed E-state index contributed by atoms with van der Waals surface area (Å²) in [6.45, 7) is 5.07. The van der Waals surface area contributed by atoms with E-state index < -0.39 is 21.6 Å². The van der Waals surface area contributed by atoms with Crippen LogP contribution < -0.4 is 5.14 Å². The molecule has 0 saturated heterocycles. The van der Waals surface area contributed by atoms with Gasteiger partial charge in [0.05, 0.1) is 0 Å². The van der Waals surface area contributed by atoms with Gasteiger partial charge in [-0.2, -0.15) is 0 Å². The van der Waals surface area contributed by atoms with Gasteiger partial charge in [-0.3, -0.25) is 0 Å². The first kappa shape index (κ1) is 11.4. The van der Waals surface area contributed by atoms with Gasteiger partial charge in [0.15, 0.2) is 0 Å². The lowest BCUT2D eigenvalue weighted by molar-refractivity contribution is 0.0607. The Kier molecular flexibility index (Phi) is 3.23. The van der Waals surface area contributed by atoms with Crippen molar-refractivity contribution >= 4 is 16.0 Å². The highest BCUT2D eigenvalue weighted by atomic mass is 32.2. The summed E-state index contributed by atoms with van der Waals surface area (Å²) in [4.78, 5) is 10.8. The summed E-state index contributed by atoms with van der Waals surface area (Å²) >= 11 is 0. The Morgan fingerprint density at radius 2 is 1.92 bits per heavy atom. The average molecular weight is 194 g/mol. The molecule has 0 aromatic carbocycles. The van der Waals surface area contributed by atoms with E-state index in [1.54, 1.807) is 20.8 Å². The molecule has 0 aliphatic carbocycles. The fraction of sp³-hybridized carbons (Fsp3) is 0.833. The number of rotatable bonds is 0. The monoisotopic (exact) mass is 194 g/mol. The summed E-state index contributed by atoms with van der Waals surface area (Å²) < 4.78 is 18.7. The molecule has 0 aromatic heterocycles. The lowest BCUT2D eigenvalue weighted by Crippen LogP contribution is -2.23. The van der Waals surface area contributed by atoms with E-state index >= 15 is 0 Å². The number of hydrogen-bond donors (Lipinski definition) is 1. The third-order valence-corrected chi connectivity index (χ3v) is 1.16. The van der Waals surface area contributed by atoms with Gasteiger partial charge in [0.25, 0.3) is 0 Å². The summed E-state index contributed by atoms with van der Waals surface area (Å²) in [7, 11) is -2.90. The summed E-state index contributed by atoms with van der Waals surface area (Å²) in [6.07, 6.45) is 0.272. The van der Waals surface area contributed by atoms with Crippen LogP contribution in [-0.4, -0.2) is 22.2 Å². The molecule has 6 heteroatoms. The molecular formula is C6H14N2O3S. The molecule has 1 atom stereocenters. The van der Waals surface area contributed by atoms with Crippen molar-refractivity contribution < 1.29 is 13.7 Å². The molecule has 0 aromatic rings. The van der Waals surface area contributed by atoms with Gasteiger partial charge in [-0.05, 0) is 20.8 Å². The first-order valence-electron chi connectivity index (χ1n) is 3.33. The smallest absolute Gasteiger partial charge is 0.442 e. The van der Waals surface area contributed by atoms with E-state index in [2.05, 4.69) is 4.36 Å². The Morgan fingerprint density at radius 3 is 2.17 bits per heavy atom. The Labute approximate surface area is 72.6 Å². The molecular weight excluding hydrogens is 180 g/mol. The number of ether oxygens (including phenoxy) is 1. The van der Waals surface area contributed by atoms with Crippen molar-refractivity contribution in [2.24, 2.45) is 9.50 Å². The zero-order chi connectivity index (χ0) is 9.99. The van der Waals surface area contributed by atoms with E-state index in [0.717, 1.165) is 6.26 Å². The second-order valence-electron chi connectivity index (χ2n) is 3.43. The van der Waals surface area contributed by atoms with Gasteiger partial charge >= 0.3 is 6.09 Å². The first-order valence-corrected chi connectivity index (χ1v) is 5.32. The van der Waals surface area contributed by atoms with E-state index in [4.69, 9.17) is 9.88 Å². The fourth-order valence-corrected chi connectivity index (χ4v) is 0.762. The van der Waals surface area contributed by atoms with Crippen LogP contribution in [0.5, 0.6) is 0 Å². The molecule has 12 heavy (non-hydrogen) atoms. The minimum atomic E-state index is -2.90. The number of carbonyl (C=O) groups is 1. The van der Waals surface area contributed by atoms with E-state index in [-0.39, 0.29) is 0 Å². The van der Waals surface area contributed by atoms with Crippen molar-refractivity contribution in [1.29, 1.82) is 0 Å². The highest BCUT2D eigenvalue weighted by Gasteiger charge is 2.16. The number of hydrogen-bond acceptors (Lipinski definition) is 3. The predicted octanol–water partition coefficient (Wildman–Crippen LogP) is 0.893. The van der Waals surface area contributed by atoms with Gasteiger partial charge in [0.1, 0.15) is 15.5 Å². The highest BCUT2D eigenvalue weighted by molar-refractivity contribution is 7.90. The molecule has 0 radical (unpaired) electrons. The number of nitrogens with zero attached hydrogens (tertiary/aromatic N) is 1. The highest BCUT2D eigenvalue weighted by Crippen LogP contribution is 2.08. The largest absolute Gasteiger partial charge is 0.443 e. The molecule has 72 valence electrons. The maximum Gasteiger partial charge on any atom is 0.443 e. The van der Waals surface area contributed by atoms with E-state index in [1.165, 1.54) is 0 Å². The van der Waals surface area contributed by atoms with Crippen LogP contribution in [0.25, 0.3) is 0 Å².